The van der Waals surface area contributed by atoms with Gasteiger partial charge >= 0.3 is 0 Å². The molecule has 1 heterocycles. The molecule has 1 fully saturated rings. The van der Waals surface area contributed by atoms with E-state index < -0.39 is 6.10 Å². The van der Waals surface area contributed by atoms with Crippen LogP contribution in [0, 0.1) is 5.92 Å². The van der Waals surface area contributed by atoms with Gasteiger partial charge in [-0.05, 0) is 58.8 Å². The van der Waals surface area contributed by atoms with Gasteiger partial charge in [-0.25, -0.2) is 0 Å². The molecule has 0 saturated heterocycles. The molecule has 2 unspecified atom stereocenters. The van der Waals surface area contributed by atoms with Crippen molar-refractivity contribution in [2.45, 2.75) is 25.0 Å². The van der Waals surface area contributed by atoms with Gasteiger partial charge in [-0.3, -0.25) is 0 Å². The first-order valence-electron chi connectivity index (χ1n) is 6.93. The van der Waals surface area contributed by atoms with Gasteiger partial charge in [0.25, 0.3) is 0 Å². The van der Waals surface area contributed by atoms with Gasteiger partial charge in [-0.2, -0.15) is 11.3 Å². The summed E-state index contributed by atoms with van der Waals surface area (Å²) < 4.78 is 0. The van der Waals surface area contributed by atoms with Crippen LogP contribution in [-0.2, 0) is 0 Å². The zero-order valence-corrected chi connectivity index (χ0v) is 12.7. The summed E-state index contributed by atoms with van der Waals surface area (Å²) in [6, 6.07) is 10.3. The van der Waals surface area contributed by atoms with Crippen molar-refractivity contribution in [1.29, 1.82) is 0 Å². The first-order valence-corrected chi connectivity index (χ1v) is 8.25. The first kappa shape index (κ1) is 14.1. The molecule has 20 heavy (non-hydrogen) atoms. The van der Waals surface area contributed by atoms with Crippen LogP contribution in [0.15, 0.2) is 41.1 Å². The highest BCUT2D eigenvalue weighted by Crippen LogP contribution is 2.41. The molecule has 106 valence electrons. The van der Waals surface area contributed by atoms with Gasteiger partial charge in [-0.1, -0.05) is 23.7 Å². The number of hydrogen-bond donors (Lipinski definition) is 2. The highest BCUT2D eigenvalue weighted by Gasteiger charge is 2.32. The average molecular weight is 308 g/mol. The summed E-state index contributed by atoms with van der Waals surface area (Å²) >= 11 is 7.56. The normalized spacial score (nSPS) is 17.9. The molecule has 3 rings (SSSR count). The summed E-state index contributed by atoms with van der Waals surface area (Å²) in [5.74, 6) is 0.686. The van der Waals surface area contributed by atoms with Gasteiger partial charge in [0.1, 0.15) is 0 Å². The van der Waals surface area contributed by atoms with Gasteiger partial charge < -0.3 is 10.4 Å². The van der Waals surface area contributed by atoms with E-state index in [9.17, 15) is 5.11 Å². The van der Waals surface area contributed by atoms with Crippen molar-refractivity contribution in [3.8, 4) is 0 Å². The monoisotopic (exact) mass is 307 g/mol. The van der Waals surface area contributed by atoms with Gasteiger partial charge in [-0.15, -0.1) is 0 Å². The first-order chi connectivity index (χ1) is 9.74. The molecule has 1 aromatic carbocycles. The summed E-state index contributed by atoms with van der Waals surface area (Å²) in [5, 5.41) is 18.5. The molecule has 2 nitrogen and oxygen atoms in total. The third-order valence-corrected chi connectivity index (χ3v) is 4.74. The quantitative estimate of drug-likeness (QED) is 0.839. The molecule has 4 heteroatoms. The fourth-order valence-electron chi connectivity index (χ4n) is 2.48. The number of thiophene rings is 1. The second-order valence-corrected chi connectivity index (χ2v) is 6.56. The zero-order chi connectivity index (χ0) is 13.9. The lowest BCUT2D eigenvalue weighted by atomic mass is 10.0. The molecule has 1 aliphatic rings. The van der Waals surface area contributed by atoms with Crippen molar-refractivity contribution in [3.05, 3.63) is 57.2 Å². The number of aliphatic hydroxyl groups excluding tert-OH is 1. The molecule has 0 radical (unpaired) electrons. The van der Waals surface area contributed by atoms with Crippen LogP contribution in [0.4, 0.5) is 0 Å². The van der Waals surface area contributed by atoms with E-state index in [1.165, 1.54) is 18.4 Å². The number of halogens is 1. The van der Waals surface area contributed by atoms with Crippen molar-refractivity contribution in [2.24, 2.45) is 5.92 Å². The molecular weight excluding hydrogens is 290 g/mol. The van der Waals surface area contributed by atoms with Crippen LogP contribution in [0.5, 0.6) is 0 Å². The Morgan fingerprint density at radius 1 is 1.20 bits per heavy atom. The molecule has 0 amide bonds. The third kappa shape index (κ3) is 3.41. The summed E-state index contributed by atoms with van der Waals surface area (Å²) in [4.78, 5) is 0. The number of rotatable bonds is 6. The van der Waals surface area contributed by atoms with Crippen molar-refractivity contribution in [3.63, 3.8) is 0 Å². The second kappa shape index (κ2) is 6.27. The average Bonchev–Trinajstić information content (AvgIpc) is 3.14. The van der Waals surface area contributed by atoms with Crippen molar-refractivity contribution in [1.82, 2.24) is 5.32 Å². The van der Waals surface area contributed by atoms with E-state index in [0.717, 1.165) is 10.6 Å². The minimum atomic E-state index is -0.435. The number of aliphatic hydroxyl groups is 1. The number of benzene rings is 1. The van der Waals surface area contributed by atoms with Gasteiger partial charge in [0, 0.05) is 17.6 Å². The van der Waals surface area contributed by atoms with E-state index in [1.54, 1.807) is 11.3 Å². The largest absolute Gasteiger partial charge is 0.387 e. The van der Waals surface area contributed by atoms with Crippen molar-refractivity contribution < 1.29 is 5.11 Å². The summed E-state index contributed by atoms with van der Waals surface area (Å²) in [6.07, 6.45) is 2.08. The SMILES string of the molecule is OC(CNC(c1ccc(Cl)cc1)C1CC1)c1ccsc1. The Morgan fingerprint density at radius 2 is 1.95 bits per heavy atom. The lowest BCUT2D eigenvalue weighted by molar-refractivity contribution is 0.168. The summed E-state index contributed by atoms with van der Waals surface area (Å²) in [6.45, 7) is 0.584. The standard InChI is InChI=1S/C16H18ClNOS/c17-14-5-3-12(4-6-14)16(11-1-2-11)18-9-15(19)13-7-8-20-10-13/h3-8,10-11,15-16,18-19H,1-2,9H2. The van der Waals surface area contributed by atoms with Crippen LogP contribution in [-0.4, -0.2) is 11.7 Å². The third-order valence-electron chi connectivity index (χ3n) is 3.78. The molecule has 1 aromatic heterocycles. The van der Waals surface area contributed by atoms with E-state index in [2.05, 4.69) is 17.4 Å². The topological polar surface area (TPSA) is 32.3 Å². The Hall–Kier alpha value is -0.870. The molecule has 0 spiro atoms. The van der Waals surface area contributed by atoms with Crippen LogP contribution in [0.2, 0.25) is 5.02 Å². The maximum Gasteiger partial charge on any atom is 0.0922 e. The van der Waals surface area contributed by atoms with Crippen molar-refractivity contribution >= 4 is 22.9 Å². The van der Waals surface area contributed by atoms with E-state index in [0.29, 0.717) is 18.5 Å². The minimum Gasteiger partial charge on any atom is -0.387 e. The lowest BCUT2D eigenvalue weighted by Crippen LogP contribution is -2.27. The second-order valence-electron chi connectivity index (χ2n) is 5.35. The Labute approximate surface area is 128 Å². The maximum atomic E-state index is 10.2. The molecule has 0 aliphatic heterocycles. The smallest absolute Gasteiger partial charge is 0.0922 e. The van der Waals surface area contributed by atoms with E-state index >= 15 is 0 Å². The molecular formula is C16H18ClNOS. The van der Waals surface area contributed by atoms with Crippen LogP contribution in [0.1, 0.15) is 36.1 Å². The molecule has 2 aromatic rings. The van der Waals surface area contributed by atoms with E-state index in [4.69, 9.17) is 11.6 Å². The minimum absolute atomic E-state index is 0.320. The Kier molecular flexibility index (Phi) is 4.41. The number of nitrogens with one attached hydrogen (secondary N) is 1. The fourth-order valence-corrected chi connectivity index (χ4v) is 3.31. The van der Waals surface area contributed by atoms with Crippen LogP contribution in [0.3, 0.4) is 0 Å². The Morgan fingerprint density at radius 3 is 2.55 bits per heavy atom. The zero-order valence-electron chi connectivity index (χ0n) is 11.1. The summed E-state index contributed by atoms with van der Waals surface area (Å²) in [7, 11) is 0. The van der Waals surface area contributed by atoms with E-state index in [1.807, 2.05) is 29.0 Å². The van der Waals surface area contributed by atoms with Gasteiger partial charge in [0.2, 0.25) is 0 Å². The fraction of sp³-hybridized carbons (Fsp3) is 0.375. The maximum absolute atomic E-state index is 10.2. The summed E-state index contributed by atoms with van der Waals surface area (Å²) in [5.41, 5.74) is 2.25. The molecule has 0 bridgehead atoms. The van der Waals surface area contributed by atoms with E-state index in [-0.39, 0.29) is 0 Å². The molecule has 2 atom stereocenters. The van der Waals surface area contributed by atoms with Crippen LogP contribution >= 0.6 is 22.9 Å². The van der Waals surface area contributed by atoms with Crippen molar-refractivity contribution in [2.75, 3.05) is 6.54 Å². The van der Waals surface area contributed by atoms with Gasteiger partial charge in [0.15, 0.2) is 0 Å². The van der Waals surface area contributed by atoms with Crippen LogP contribution in [0.25, 0.3) is 0 Å². The number of hydrogen-bond acceptors (Lipinski definition) is 3. The van der Waals surface area contributed by atoms with Crippen LogP contribution < -0.4 is 5.32 Å². The molecule has 2 N–H and O–H groups in total. The Balaban J connectivity index is 1.64. The van der Waals surface area contributed by atoms with Gasteiger partial charge in [0.05, 0.1) is 6.10 Å². The molecule has 1 aliphatic carbocycles. The molecule has 1 saturated carbocycles. The highest BCUT2D eigenvalue weighted by atomic mass is 35.5. The Bertz CT molecular complexity index is 536. The predicted octanol–water partition coefficient (Wildman–Crippen LogP) is 4.18. The highest BCUT2D eigenvalue weighted by molar-refractivity contribution is 7.07. The lowest BCUT2D eigenvalue weighted by Gasteiger charge is -2.21. The predicted molar refractivity (Wildman–Crippen MR) is 84.2 cm³/mol.